The zero-order chi connectivity index (χ0) is 17.6. The van der Waals surface area contributed by atoms with Crippen LogP contribution in [0.15, 0.2) is 21.8 Å². The standard InChI is InChI=1S/C12H9ClF2N4O3S2/c1-2-18-8-6(13)3-5(24(21)22)4-7(8)19(12(18)20)11-17-16-10(23-11)9(14)15/h3-4,9H,2H2,1H3,(H,21,22). The number of hydrogen-bond acceptors (Lipinski definition) is 5. The van der Waals surface area contributed by atoms with Gasteiger partial charge >= 0.3 is 5.69 Å². The molecule has 1 aromatic carbocycles. The highest BCUT2D eigenvalue weighted by molar-refractivity contribution is 7.79. The third-order valence-electron chi connectivity index (χ3n) is 3.28. The van der Waals surface area contributed by atoms with Crippen molar-refractivity contribution in [2.75, 3.05) is 0 Å². The van der Waals surface area contributed by atoms with E-state index in [1.54, 1.807) is 6.92 Å². The molecule has 0 amide bonds. The molecule has 12 heteroatoms. The van der Waals surface area contributed by atoms with Gasteiger partial charge < -0.3 is 4.55 Å². The maximum atomic E-state index is 12.7. The first-order chi connectivity index (χ1) is 11.3. The van der Waals surface area contributed by atoms with Crippen molar-refractivity contribution in [1.29, 1.82) is 0 Å². The van der Waals surface area contributed by atoms with E-state index in [0.717, 1.165) is 4.57 Å². The van der Waals surface area contributed by atoms with Gasteiger partial charge in [-0.05, 0) is 19.1 Å². The van der Waals surface area contributed by atoms with E-state index in [1.165, 1.54) is 16.7 Å². The van der Waals surface area contributed by atoms with Crippen molar-refractivity contribution < 1.29 is 17.5 Å². The molecule has 0 saturated carbocycles. The quantitative estimate of drug-likeness (QED) is 0.687. The first-order valence-corrected chi connectivity index (χ1v) is 8.82. The van der Waals surface area contributed by atoms with Crippen LogP contribution in [-0.2, 0) is 17.6 Å². The van der Waals surface area contributed by atoms with Crippen LogP contribution in [0.5, 0.6) is 0 Å². The fourth-order valence-corrected chi connectivity index (χ4v) is 3.82. The number of benzene rings is 1. The molecule has 2 heterocycles. The molecule has 0 spiro atoms. The Morgan fingerprint density at radius 3 is 2.67 bits per heavy atom. The van der Waals surface area contributed by atoms with Gasteiger partial charge in [-0.1, -0.05) is 22.9 Å². The molecule has 0 aliphatic carbocycles. The maximum absolute atomic E-state index is 12.7. The number of imidazole rings is 1. The van der Waals surface area contributed by atoms with Gasteiger partial charge in [-0.15, -0.1) is 10.2 Å². The fraction of sp³-hybridized carbons (Fsp3) is 0.250. The second kappa shape index (κ2) is 6.31. The Morgan fingerprint density at radius 2 is 2.12 bits per heavy atom. The molecule has 1 N–H and O–H groups in total. The molecule has 0 fully saturated rings. The minimum atomic E-state index is -2.81. The Morgan fingerprint density at radius 1 is 1.42 bits per heavy atom. The summed E-state index contributed by atoms with van der Waals surface area (Å²) in [6, 6.07) is 2.58. The number of nitrogens with zero attached hydrogens (tertiary/aromatic N) is 4. The van der Waals surface area contributed by atoms with E-state index >= 15 is 0 Å². The number of fused-ring (bicyclic) bond motifs is 1. The van der Waals surface area contributed by atoms with E-state index in [0.29, 0.717) is 16.9 Å². The third-order valence-corrected chi connectivity index (χ3v) is 5.12. The average molecular weight is 395 g/mol. The number of hydrogen-bond donors (Lipinski definition) is 1. The van der Waals surface area contributed by atoms with Crippen molar-refractivity contribution in [1.82, 2.24) is 19.3 Å². The number of halogens is 3. The van der Waals surface area contributed by atoms with E-state index < -0.39 is 28.2 Å². The molecule has 2 aromatic heterocycles. The van der Waals surface area contributed by atoms with Crippen molar-refractivity contribution >= 4 is 45.1 Å². The van der Waals surface area contributed by atoms with Crippen molar-refractivity contribution in [2.24, 2.45) is 0 Å². The van der Waals surface area contributed by atoms with Crippen molar-refractivity contribution in [3.63, 3.8) is 0 Å². The molecule has 0 bridgehead atoms. The van der Waals surface area contributed by atoms with Crippen molar-refractivity contribution in [2.45, 2.75) is 24.8 Å². The van der Waals surface area contributed by atoms with Crippen LogP contribution in [0.25, 0.3) is 16.2 Å². The third kappa shape index (κ3) is 2.66. The van der Waals surface area contributed by atoms with Gasteiger partial charge in [-0.25, -0.2) is 22.4 Å². The summed E-state index contributed by atoms with van der Waals surface area (Å²) < 4.78 is 48.5. The van der Waals surface area contributed by atoms with Gasteiger partial charge in [0.25, 0.3) is 6.43 Å². The zero-order valence-electron chi connectivity index (χ0n) is 11.9. The fourth-order valence-electron chi connectivity index (χ4n) is 2.30. The Labute approximate surface area is 144 Å². The number of aryl methyl sites for hydroxylation is 1. The van der Waals surface area contributed by atoms with E-state index in [4.69, 9.17) is 11.6 Å². The molecular formula is C12H9ClF2N4O3S2. The zero-order valence-corrected chi connectivity index (χ0v) is 14.3. The summed E-state index contributed by atoms with van der Waals surface area (Å²) >= 11 is 4.39. The molecule has 3 aromatic rings. The van der Waals surface area contributed by atoms with Crippen LogP contribution >= 0.6 is 22.9 Å². The molecule has 0 aliphatic heterocycles. The first-order valence-electron chi connectivity index (χ1n) is 6.52. The summed E-state index contributed by atoms with van der Waals surface area (Å²) in [6.07, 6.45) is -2.81. The highest BCUT2D eigenvalue weighted by Crippen LogP contribution is 2.30. The van der Waals surface area contributed by atoms with Crippen LogP contribution in [0.4, 0.5) is 8.78 Å². The molecule has 1 atom stereocenters. The van der Waals surface area contributed by atoms with Crippen molar-refractivity contribution in [3.8, 4) is 5.13 Å². The lowest BCUT2D eigenvalue weighted by atomic mass is 10.3. The summed E-state index contributed by atoms with van der Waals surface area (Å²) in [6.45, 7) is 1.98. The van der Waals surface area contributed by atoms with E-state index in [2.05, 4.69) is 10.2 Å². The smallest absolute Gasteiger partial charge is 0.302 e. The Hall–Kier alpha value is -1.69. The molecule has 0 saturated heterocycles. The van der Waals surface area contributed by atoms with Gasteiger partial charge in [0.1, 0.15) is 0 Å². The van der Waals surface area contributed by atoms with Crippen LogP contribution in [0, 0.1) is 0 Å². The maximum Gasteiger partial charge on any atom is 0.335 e. The van der Waals surface area contributed by atoms with E-state index in [-0.39, 0.29) is 27.1 Å². The van der Waals surface area contributed by atoms with Crippen LogP contribution < -0.4 is 5.69 Å². The summed E-state index contributed by atoms with van der Waals surface area (Å²) in [7, 11) is 0. The van der Waals surface area contributed by atoms with Crippen LogP contribution in [0.2, 0.25) is 5.02 Å². The Balaban J connectivity index is 2.39. The van der Waals surface area contributed by atoms with E-state index in [9.17, 15) is 22.3 Å². The molecule has 0 radical (unpaired) electrons. The lowest BCUT2D eigenvalue weighted by molar-refractivity contribution is 0.150. The predicted octanol–water partition coefficient (Wildman–Crippen LogP) is 2.84. The topological polar surface area (TPSA) is 90.0 Å². The summed E-state index contributed by atoms with van der Waals surface area (Å²) in [4.78, 5) is 12.6. The highest BCUT2D eigenvalue weighted by Gasteiger charge is 2.22. The molecule has 128 valence electrons. The molecule has 3 rings (SSSR count). The normalized spacial score (nSPS) is 13.1. The van der Waals surface area contributed by atoms with Gasteiger partial charge in [0.15, 0.2) is 16.1 Å². The van der Waals surface area contributed by atoms with Crippen LogP contribution in [0.3, 0.4) is 0 Å². The van der Waals surface area contributed by atoms with Gasteiger partial charge in [-0.3, -0.25) is 4.57 Å². The Bertz CT molecular complexity index is 1010. The summed E-state index contributed by atoms with van der Waals surface area (Å²) in [5.74, 6) is 0. The molecule has 7 nitrogen and oxygen atoms in total. The number of aromatic nitrogens is 4. The van der Waals surface area contributed by atoms with Gasteiger partial charge in [0.05, 0.1) is 21.0 Å². The monoisotopic (exact) mass is 394 g/mol. The SMILES string of the molecule is CCn1c(=O)n(-c2nnc(C(F)F)s2)c2cc(S(=O)O)cc(Cl)c21. The largest absolute Gasteiger partial charge is 0.335 e. The van der Waals surface area contributed by atoms with Crippen molar-refractivity contribution in [3.05, 3.63) is 32.6 Å². The number of rotatable bonds is 4. The van der Waals surface area contributed by atoms with Crippen LogP contribution in [0.1, 0.15) is 18.4 Å². The minimum absolute atomic E-state index is 0.0203. The Kier molecular flexibility index (Phi) is 4.51. The predicted molar refractivity (Wildman–Crippen MR) is 85.7 cm³/mol. The molecule has 24 heavy (non-hydrogen) atoms. The second-order valence-electron chi connectivity index (χ2n) is 4.61. The lowest BCUT2D eigenvalue weighted by Gasteiger charge is -2.03. The van der Waals surface area contributed by atoms with Crippen LogP contribution in [-0.4, -0.2) is 28.1 Å². The molecule has 1 unspecified atom stereocenters. The van der Waals surface area contributed by atoms with Gasteiger partial charge in [-0.2, -0.15) is 0 Å². The highest BCUT2D eigenvalue weighted by atomic mass is 35.5. The van der Waals surface area contributed by atoms with Gasteiger partial charge in [0.2, 0.25) is 5.13 Å². The summed E-state index contributed by atoms with van der Waals surface area (Å²) in [5.41, 5.74) is -0.0249. The second-order valence-corrected chi connectivity index (χ2v) is 6.97. The molecular weight excluding hydrogens is 386 g/mol. The van der Waals surface area contributed by atoms with Gasteiger partial charge in [0, 0.05) is 6.54 Å². The summed E-state index contributed by atoms with van der Waals surface area (Å²) in [5, 5.41) is 6.50. The minimum Gasteiger partial charge on any atom is -0.302 e. The number of alkyl halides is 2. The van der Waals surface area contributed by atoms with E-state index in [1.807, 2.05) is 0 Å². The lowest BCUT2D eigenvalue weighted by Crippen LogP contribution is -2.22. The molecule has 0 aliphatic rings. The average Bonchev–Trinajstić information content (AvgIpc) is 3.09. The first kappa shape index (κ1) is 17.1.